The summed E-state index contributed by atoms with van der Waals surface area (Å²) in [5, 5.41) is 5.17. The molecule has 0 spiro atoms. The number of amides is 1. The Morgan fingerprint density at radius 2 is 1.84 bits per heavy atom. The van der Waals surface area contributed by atoms with E-state index in [1.807, 2.05) is 30.3 Å². The molecule has 1 atom stereocenters. The Morgan fingerprint density at radius 3 is 2.52 bits per heavy atom. The van der Waals surface area contributed by atoms with Gasteiger partial charge in [-0.3, -0.25) is 9.69 Å². The van der Waals surface area contributed by atoms with E-state index in [9.17, 15) is 4.79 Å². The fourth-order valence-electron chi connectivity index (χ4n) is 3.22. The van der Waals surface area contributed by atoms with Gasteiger partial charge in [0, 0.05) is 11.4 Å². The minimum atomic E-state index is -0.0692. The third-order valence-corrected chi connectivity index (χ3v) is 5.53. The molecule has 134 valence electrons. The Kier molecular flexibility index (Phi) is 6.89. The topological polar surface area (TPSA) is 41.6 Å². The minimum Gasteiger partial charge on any atom is -0.484 e. The van der Waals surface area contributed by atoms with Crippen LogP contribution in [0.25, 0.3) is 0 Å². The van der Waals surface area contributed by atoms with Gasteiger partial charge in [-0.25, -0.2) is 0 Å². The van der Waals surface area contributed by atoms with Gasteiger partial charge in [-0.1, -0.05) is 37.1 Å². The number of likely N-dealkylation sites (tertiary alicyclic amines) is 1. The second-order valence-electron chi connectivity index (χ2n) is 6.39. The van der Waals surface area contributed by atoms with Crippen LogP contribution in [0.3, 0.4) is 0 Å². The van der Waals surface area contributed by atoms with Crippen molar-refractivity contribution in [3.63, 3.8) is 0 Å². The van der Waals surface area contributed by atoms with Gasteiger partial charge in [-0.05, 0) is 49.5 Å². The Morgan fingerprint density at radius 1 is 1.08 bits per heavy atom. The first-order valence-corrected chi connectivity index (χ1v) is 9.93. The third kappa shape index (κ3) is 5.58. The van der Waals surface area contributed by atoms with Crippen molar-refractivity contribution >= 4 is 17.2 Å². The van der Waals surface area contributed by atoms with Crippen molar-refractivity contribution < 1.29 is 9.53 Å². The van der Waals surface area contributed by atoms with Crippen LogP contribution in [-0.4, -0.2) is 37.0 Å². The number of thiophene rings is 1. The van der Waals surface area contributed by atoms with Gasteiger partial charge in [-0.2, -0.15) is 0 Å². The second kappa shape index (κ2) is 9.59. The molecule has 1 fully saturated rings. The van der Waals surface area contributed by atoms with E-state index < -0.39 is 0 Å². The van der Waals surface area contributed by atoms with Gasteiger partial charge in [0.25, 0.3) is 5.91 Å². The number of benzene rings is 1. The maximum absolute atomic E-state index is 12.2. The zero-order valence-corrected chi connectivity index (χ0v) is 15.3. The first-order chi connectivity index (χ1) is 12.3. The van der Waals surface area contributed by atoms with Crippen molar-refractivity contribution in [2.24, 2.45) is 0 Å². The van der Waals surface area contributed by atoms with Gasteiger partial charge in [0.2, 0.25) is 0 Å². The number of para-hydroxylation sites is 1. The molecule has 0 unspecified atom stereocenters. The summed E-state index contributed by atoms with van der Waals surface area (Å²) in [5.74, 6) is 0.653. The molecular formula is C20H26N2O2S. The summed E-state index contributed by atoms with van der Waals surface area (Å²) in [7, 11) is 0. The molecule has 25 heavy (non-hydrogen) atoms. The highest BCUT2D eigenvalue weighted by Crippen LogP contribution is 2.27. The summed E-state index contributed by atoms with van der Waals surface area (Å²) in [6, 6.07) is 14.0. The number of rotatable bonds is 7. The number of nitrogens with zero attached hydrogens (tertiary/aromatic N) is 1. The maximum atomic E-state index is 12.2. The van der Waals surface area contributed by atoms with E-state index in [1.54, 1.807) is 11.3 Å². The zero-order valence-electron chi connectivity index (χ0n) is 14.5. The predicted octanol–water partition coefficient (Wildman–Crippen LogP) is 3.86. The van der Waals surface area contributed by atoms with Crippen LogP contribution in [0, 0.1) is 0 Å². The van der Waals surface area contributed by atoms with Crippen molar-refractivity contribution in [3.05, 3.63) is 52.7 Å². The summed E-state index contributed by atoms with van der Waals surface area (Å²) < 4.78 is 5.53. The van der Waals surface area contributed by atoms with E-state index >= 15 is 0 Å². The molecule has 0 aliphatic carbocycles. The molecule has 0 saturated carbocycles. The van der Waals surface area contributed by atoms with Crippen LogP contribution < -0.4 is 10.1 Å². The lowest BCUT2D eigenvalue weighted by Gasteiger charge is -2.30. The van der Waals surface area contributed by atoms with Gasteiger partial charge in [-0.15, -0.1) is 11.3 Å². The van der Waals surface area contributed by atoms with Crippen molar-refractivity contribution in [1.29, 1.82) is 0 Å². The molecule has 0 bridgehead atoms. The van der Waals surface area contributed by atoms with E-state index in [-0.39, 0.29) is 18.6 Å². The molecule has 1 aromatic heterocycles. The summed E-state index contributed by atoms with van der Waals surface area (Å²) in [5.41, 5.74) is 0. The lowest BCUT2D eigenvalue weighted by Crippen LogP contribution is -2.39. The van der Waals surface area contributed by atoms with Crippen LogP contribution in [0.1, 0.15) is 36.6 Å². The molecule has 2 aromatic rings. The standard InChI is InChI=1S/C20H26N2O2S/c23-20(16-24-17-9-4-3-5-10-17)21-15-18(19-11-8-14-25-19)22-12-6-1-2-7-13-22/h3-5,8-11,14,18H,1-2,6-7,12-13,15-16H2,(H,21,23)/t18-/m0/s1. The lowest BCUT2D eigenvalue weighted by molar-refractivity contribution is -0.123. The van der Waals surface area contributed by atoms with Crippen LogP contribution in [0.4, 0.5) is 0 Å². The quantitative estimate of drug-likeness (QED) is 0.817. The normalized spacial score (nSPS) is 16.8. The summed E-state index contributed by atoms with van der Waals surface area (Å²) in [6.45, 7) is 2.91. The van der Waals surface area contributed by atoms with Crippen molar-refractivity contribution in [3.8, 4) is 5.75 Å². The minimum absolute atomic E-state index is 0.0567. The van der Waals surface area contributed by atoms with Crippen molar-refractivity contribution in [2.45, 2.75) is 31.7 Å². The highest BCUT2D eigenvalue weighted by molar-refractivity contribution is 7.10. The van der Waals surface area contributed by atoms with Gasteiger partial charge in [0.05, 0.1) is 6.04 Å². The highest BCUT2D eigenvalue weighted by atomic mass is 32.1. The number of ether oxygens (including phenoxy) is 1. The Labute approximate surface area is 153 Å². The lowest BCUT2D eigenvalue weighted by atomic mass is 10.2. The van der Waals surface area contributed by atoms with E-state index in [1.165, 1.54) is 30.6 Å². The molecule has 5 heteroatoms. The third-order valence-electron chi connectivity index (χ3n) is 4.56. The Bertz CT molecular complexity index is 622. The van der Waals surface area contributed by atoms with Gasteiger partial charge < -0.3 is 10.1 Å². The molecular weight excluding hydrogens is 332 g/mol. The summed E-state index contributed by atoms with van der Waals surface area (Å²) in [4.78, 5) is 16.0. The number of carbonyl (C=O) groups excluding carboxylic acids is 1. The smallest absolute Gasteiger partial charge is 0.258 e. The molecule has 1 aliphatic heterocycles. The van der Waals surface area contributed by atoms with Crippen molar-refractivity contribution in [1.82, 2.24) is 10.2 Å². The van der Waals surface area contributed by atoms with Crippen LogP contribution in [-0.2, 0) is 4.79 Å². The average molecular weight is 359 g/mol. The molecule has 1 amide bonds. The van der Waals surface area contributed by atoms with Gasteiger partial charge in [0.1, 0.15) is 5.75 Å². The SMILES string of the molecule is O=C(COc1ccccc1)NC[C@@H](c1cccs1)N1CCCCCC1. The fourth-order valence-corrected chi connectivity index (χ4v) is 4.09. The monoisotopic (exact) mass is 358 g/mol. The molecule has 4 nitrogen and oxygen atoms in total. The van der Waals surface area contributed by atoms with Crippen LogP contribution in [0.5, 0.6) is 5.75 Å². The Hall–Kier alpha value is -1.85. The van der Waals surface area contributed by atoms with E-state index in [2.05, 4.69) is 27.7 Å². The molecule has 3 rings (SSSR count). The van der Waals surface area contributed by atoms with Crippen LogP contribution >= 0.6 is 11.3 Å². The molecule has 2 heterocycles. The maximum Gasteiger partial charge on any atom is 0.258 e. The zero-order chi connectivity index (χ0) is 17.3. The number of hydrogen-bond acceptors (Lipinski definition) is 4. The second-order valence-corrected chi connectivity index (χ2v) is 7.37. The molecule has 1 saturated heterocycles. The number of hydrogen-bond donors (Lipinski definition) is 1. The molecule has 1 N–H and O–H groups in total. The first kappa shape index (κ1) is 18.0. The van der Waals surface area contributed by atoms with E-state index in [0.717, 1.165) is 18.8 Å². The van der Waals surface area contributed by atoms with E-state index in [0.29, 0.717) is 6.54 Å². The van der Waals surface area contributed by atoms with Crippen LogP contribution in [0.2, 0.25) is 0 Å². The van der Waals surface area contributed by atoms with E-state index in [4.69, 9.17) is 4.74 Å². The first-order valence-electron chi connectivity index (χ1n) is 9.05. The van der Waals surface area contributed by atoms with Gasteiger partial charge in [0.15, 0.2) is 6.61 Å². The largest absolute Gasteiger partial charge is 0.484 e. The van der Waals surface area contributed by atoms with Crippen LogP contribution in [0.15, 0.2) is 47.8 Å². The predicted molar refractivity (Wildman–Crippen MR) is 102 cm³/mol. The fraction of sp³-hybridized carbons (Fsp3) is 0.450. The van der Waals surface area contributed by atoms with Crippen molar-refractivity contribution in [2.75, 3.05) is 26.2 Å². The molecule has 0 radical (unpaired) electrons. The summed E-state index contributed by atoms with van der Waals surface area (Å²) >= 11 is 1.77. The Balaban J connectivity index is 1.54. The summed E-state index contributed by atoms with van der Waals surface area (Å²) in [6.07, 6.45) is 5.11. The van der Waals surface area contributed by atoms with Gasteiger partial charge >= 0.3 is 0 Å². The molecule has 1 aromatic carbocycles. The number of nitrogens with one attached hydrogen (secondary N) is 1. The number of carbonyl (C=O) groups is 1. The average Bonchev–Trinajstić information content (AvgIpc) is 3.04. The molecule has 1 aliphatic rings. The highest BCUT2D eigenvalue weighted by Gasteiger charge is 2.22.